The van der Waals surface area contributed by atoms with Crippen LogP contribution in [0.2, 0.25) is 0 Å². The van der Waals surface area contributed by atoms with Crippen molar-refractivity contribution in [1.29, 1.82) is 0 Å². The van der Waals surface area contributed by atoms with Gasteiger partial charge in [-0.3, -0.25) is 4.79 Å². The highest BCUT2D eigenvalue weighted by atomic mass is 16.5. The average Bonchev–Trinajstić information content (AvgIpc) is 2.58. The van der Waals surface area contributed by atoms with Gasteiger partial charge in [-0.2, -0.15) is 0 Å². The van der Waals surface area contributed by atoms with E-state index in [0.29, 0.717) is 30.9 Å². The molecule has 5 nitrogen and oxygen atoms in total. The molecule has 0 atom stereocenters. The maximum absolute atomic E-state index is 13.2. The van der Waals surface area contributed by atoms with Crippen LogP contribution < -0.4 is 20.8 Å². The molecule has 0 bridgehead atoms. The van der Waals surface area contributed by atoms with E-state index in [1.165, 1.54) is 0 Å². The van der Waals surface area contributed by atoms with Crippen molar-refractivity contribution in [3.8, 4) is 11.5 Å². The van der Waals surface area contributed by atoms with E-state index in [0.717, 1.165) is 29.7 Å². The molecule has 0 aliphatic heterocycles. The van der Waals surface area contributed by atoms with Crippen LogP contribution in [-0.2, 0) is 13.1 Å². The summed E-state index contributed by atoms with van der Waals surface area (Å²) in [6.45, 7) is 12.4. The standard InChI is InChI=1S/C21H32N2O3/c1-6-8-11-26-19-16-10-9-15(25-7-2)12-17(16)20(24)23(18(19)13-22)14-21(3,4)5/h9-10,12H,6-8,11,13-14,22H2,1-5H3. The van der Waals surface area contributed by atoms with Crippen molar-refractivity contribution in [2.75, 3.05) is 13.2 Å². The Morgan fingerprint density at radius 1 is 1.12 bits per heavy atom. The first-order chi connectivity index (χ1) is 12.3. The van der Waals surface area contributed by atoms with Crippen molar-refractivity contribution < 1.29 is 9.47 Å². The predicted octanol–water partition coefficient (Wildman–Crippen LogP) is 4.08. The molecule has 0 spiro atoms. The van der Waals surface area contributed by atoms with Crippen molar-refractivity contribution in [2.24, 2.45) is 11.1 Å². The summed E-state index contributed by atoms with van der Waals surface area (Å²) < 4.78 is 13.5. The Bertz CT molecular complexity index is 803. The monoisotopic (exact) mass is 360 g/mol. The Labute approximate surface area is 156 Å². The topological polar surface area (TPSA) is 66.5 Å². The Kier molecular flexibility index (Phi) is 6.70. The summed E-state index contributed by atoms with van der Waals surface area (Å²) in [5, 5.41) is 1.42. The Morgan fingerprint density at radius 3 is 2.42 bits per heavy atom. The van der Waals surface area contributed by atoms with Crippen LogP contribution >= 0.6 is 0 Å². The van der Waals surface area contributed by atoms with E-state index >= 15 is 0 Å². The van der Waals surface area contributed by atoms with Gasteiger partial charge < -0.3 is 19.8 Å². The molecule has 0 radical (unpaired) electrons. The van der Waals surface area contributed by atoms with Gasteiger partial charge in [0.25, 0.3) is 5.56 Å². The normalized spacial score (nSPS) is 11.8. The number of nitrogens with zero attached hydrogens (tertiary/aromatic N) is 1. The predicted molar refractivity (Wildman–Crippen MR) is 107 cm³/mol. The van der Waals surface area contributed by atoms with Crippen molar-refractivity contribution in [3.05, 3.63) is 34.2 Å². The van der Waals surface area contributed by atoms with Crippen molar-refractivity contribution in [1.82, 2.24) is 4.57 Å². The molecule has 0 amide bonds. The van der Waals surface area contributed by atoms with E-state index in [1.54, 1.807) is 4.57 Å². The lowest BCUT2D eigenvalue weighted by atomic mass is 9.96. The highest BCUT2D eigenvalue weighted by Gasteiger charge is 2.21. The number of aromatic nitrogens is 1. The number of benzene rings is 1. The fourth-order valence-corrected chi connectivity index (χ4v) is 3.02. The second kappa shape index (κ2) is 8.58. The molecule has 144 valence electrons. The van der Waals surface area contributed by atoms with E-state index in [1.807, 2.05) is 25.1 Å². The number of ether oxygens (including phenoxy) is 2. The molecule has 0 aliphatic rings. The minimum atomic E-state index is -0.0559. The van der Waals surface area contributed by atoms with Crippen LogP contribution in [0, 0.1) is 5.41 Å². The molecule has 0 aliphatic carbocycles. The first-order valence-corrected chi connectivity index (χ1v) is 9.47. The molecule has 1 aromatic heterocycles. The summed E-state index contributed by atoms with van der Waals surface area (Å²) in [5.41, 5.74) is 6.71. The summed E-state index contributed by atoms with van der Waals surface area (Å²) in [7, 11) is 0. The Balaban J connectivity index is 2.73. The van der Waals surface area contributed by atoms with Crippen LogP contribution in [0.3, 0.4) is 0 Å². The van der Waals surface area contributed by atoms with E-state index < -0.39 is 0 Å². The van der Waals surface area contributed by atoms with E-state index in [2.05, 4.69) is 27.7 Å². The minimum Gasteiger partial charge on any atom is -0.494 e. The van der Waals surface area contributed by atoms with Crippen LogP contribution in [-0.4, -0.2) is 17.8 Å². The first-order valence-electron chi connectivity index (χ1n) is 9.47. The minimum absolute atomic E-state index is 0.0419. The average molecular weight is 360 g/mol. The molecule has 2 N–H and O–H groups in total. The SMILES string of the molecule is CCCCOc1c(CN)n(CC(C)(C)C)c(=O)c2cc(OCC)ccc12. The maximum atomic E-state index is 13.2. The zero-order valence-electron chi connectivity index (χ0n) is 16.7. The molecular formula is C21H32N2O3. The number of rotatable bonds is 8. The molecule has 0 fully saturated rings. The molecule has 2 rings (SSSR count). The van der Waals surface area contributed by atoms with Gasteiger partial charge in [0.15, 0.2) is 0 Å². The molecule has 0 saturated heterocycles. The van der Waals surface area contributed by atoms with E-state index in [-0.39, 0.29) is 17.5 Å². The van der Waals surface area contributed by atoms with Crippen molar-refractivity contribution in [3.63, 3.8) is 0 Å². The lowest BCUT2D eigenvalue weighted by Gasteiger charge is -2.25. The molecular weight excluding hydrogens is 328 g/mol. The lowest BCUT2D eigenvalue weighted by molar-refractivity contribution is 0.295. The summed E-state index contributed by atoms with van der Waals surface area (Å²) in [6.07, 6.45) is 2.01. The van der Waals surface area contributed by atoms with Crippen LogP contribution in [0.4, 0.5) is 0 Å². The molecule has 2 aromatic rings. The second-order valence-corrected chi connectivity index (χ2v) is 7.77. The zero-order valence-corrected chi connectivity index (χ0v) is 16.7. The number of nitrogens with two attached hydrogens (primary N) is 1. The van der Waals surface area contributed by atoms with Crippen molar-refractivity contribution >= 4 is 10.8 Å². The number of hydrogen-bond acceptors (Lipinski definition) is 4. The third kappa shape index (κ3) is 4.58. The van der Waals surface area contributed by atoms with Gasteiger partial charge in [-0.15, -0.1) is 0 Å². The molecule has 1 aromatic carbocycles. The van der Waals surface area contributed by atoms with Gasteiger partial charge in [0.2, 0.25) is 0 Å². The second-order valence-electron chi connectivity index (χ2n) is 7.77. The summed E-state index contributed by atoms with van der Waals surface area (Å²) in [6, 6.07) is 5.60. The Hall–Kier alpha value is -2.01. The zero-order chi connectivity index (χ0) is 19.3. The highest BCUT2D eigenvalue weighted by molar-refractivity contribution is 5.89. The van der Waals surface area contributed by atoms with Gasteiger partial charge in [-0.25, -0.2) is 0 Å². The van der Waals surface area contributed by atoms with Gasteiger partial charge in [-0.05, 0) is 37.0 Å². The number of unbranched alkanes of at least 4 members (excludes halogenated alkanes) is 1. The summed E-state index contributed by atoms with van der Waals surface area (Å²) in [4.78, 5) is 13.2. The molecule has 1 heterocycles. The highest BCUT2D eigenvalue weighted by Crippen LogP contribution is 2.31. The maximum Gasteiger partial charge on any atom is 0.259 e. The largest absolute Gasteiger partial charge is 0.494 e. The number of pyridine rings is 1. The molecule has 0 saturated carbocycles. The van der Waals surface area contributed by atoms with Gasteiger partial charge in [0.1, 0.15) is 11.5 Å². The molecule has 5 heteroatoms. The van der Waals surface area contributed by atoms with Crippen LogP contribution in [0.1, 0.15) is 53.2 Å². The first kappa shape index (κ1) is 20.3. The fraction of sp³-hybridized carbons (Fsp3) is 0.571. The summed E-state index contributed by atoms with van der Waals surface area (Å²) in [5.74, 6) is 1.42. The smallest absolute Gasteiger partial charge is 0.259 e. The fourth-order valence-electron chi connectivity index (χ4n) is 3.02. The third-order valence-electron chi connectivity index (χ3n) is 4.18. The molecule has 0 unspecified atom stereocenters. The van der Waals surface area contributed by atoms with Crippen LogP contribution in [0.15, 0.2) is 23.0 Å². The van der Waals surface area contributed by atoms with Crippen LogP contribution in [0.25, 0.3) is 10.8 Å². The molecule has 26 heavy (non-hydrogen) atoms. The lowest BCUT2D eigenvalue weighted by Crippen LogP contribution is -2.31. The van der Waals surface area contributed by atoms with Gasteiger partial charge >= 0.3 is 0 Å². The van der Waals surface area contributed by atoms with Crippen molar-refractivity contribution in [2.45, 2.75) is 60.5 Å². The van der Waals surface area contributed by atoms with Crippen LogP contribution in [0.5, 0.6) is 11.5 Å². The van der Waals surface area contributed by atoms with E-state index in [4.69, 9.17) is 15.2 Å². The Morgan fingerprint density at radius 2 is 1.85 bits per heavy atom. The third-order valence-corrected chi connectivity index (χ3v) is 4.18. The number of fused-ring (bicyclic) bond motifs is 1. The number of hydrogen-bond donors (Lipinski definition) is 1. The van der Waals surface area contributed by atoms with E-state index in [9.17, 15) is 4.79 Å². The van der Waals surface area contributed by atoms with Gasteiger partial charge in [-0.1, -0.05) is 34.1 Å². The quantitative estimate of drug-likeness (QED) is 0.720. The summed E-state index contributed by atoms with van der Waals surface area (Å²) >= 11 is 0. The van der Waals surface area contributed by atoms with Gasteiger partial charge in [0, 0.05) is 18.5 Å². The van der Waals surface area contributed by atoms with Gasteiger partial charge in [0.05, 0.1) is 24.3 Å².